The summed E-state index contributed by atoms with van der Waals surface area (Å²) in [4.78, 5) is 35.8. The molecular weight excluding hydrogens is 424 g/mol. The van der Waals surface area contributed by atoms with Gasteiger partial charge in [-0.2, -0.15) is 5.10 Å². The van der Waals surface area contributed by atoms with Gasteiger partial charge < -0.3 is 20.1 Å². The Morgan fingerprint density at radius 3 is 2.58 bits per heavy atom. The van der Waals surface area contributed by atoms with E-state index in [9.17, 15) is 14.4 Å². The van der Waals surface area contributed by atoms with Crippen LogP contribution >= 0.6 is 0 Å². The minimum atomic E-state index is -0.858. The Kier molecular flexibility index (Phi) is 8.96. The molecule has 1 heterocycles. The topological polar surface area (TPSA) is 118 Å². The van der Waals surface area contributed by atoms with Crippen LogP contribution in [0.2, 0.25) is 0 Å². The third-order valence-corrected chi connectivity index (χ3v) is 5.03. The first kappa shape index (κ1) is 23.9. The SMILES string of the molecule is C[C@H](NC(=O)C(=O)N/N=C\c1ccc(OCC(=O)NC[C@H]2CCCO2)cc1)c1ccccc1. The van der Waals surface area contributed by atoms with Gasteiger partial charge in [-0.05, 0) is 55.2 Å². The Balaban J connectivity index is 1.37. The number of hydrogen-bond acceptors (Lipinski definition) is 6. The minimum Gasteiger partial charge on any atom is -0.484 e. The number of ether oxygens (including phenoxy) is 2. The van der Waals surface area contributed by atoms with E-state index >= 15 is 0 Å². The van der Waals surface area contributed by atoms with E-state index in [1.165, 1.54) is 6.21 Å². The van der Waals surface area contributed by atoms with E-state index in [-0.39, 0.29) is 24.7 Å². The standard InChI is InChI=1S/C24H28N4O5/c1-17(19-6-3-2-4-7-19)27-23(30)24(31)28-26-14-18-9-11-20(12-10-18)33-16-22(29)25-15-21-8-5-13-32-21/h2-4,6-7,9-12,14,17,21H,5,8,13,15-16H2,1H3,(H,25,29)(H,27,30)(H,28,31)/b26-14-/t17-,21+/m0/s1. The molecule has 0 saturated carbocycles. The molecule has 33 heavy (non-hydrogen) atoms. The average Bonchev–Trinajstić information content (AvgIpc) is 3.36. The quantitative estimate of drug-likeness (QED) is 0.304. The molecule has 0 bridgehead atoms. The molecule has 3 rings (SSSR count). The Labute approximate surface area is 192 Å². The fraction of sp³-hybridized carbons (Fsp3) is 0.333. The van der Waals surface area contributed by atoms with Crippen LogP contribution in [0.25, 0.3) is 0 Å². The number of hydrazone groups is 1. The van der Waals surface area contributed by atoms with Gasteiger partial charge in [-0.3, -0.25) is 14.4 Å². The van der Waals surface area contributed by atoms with Crippen molar-refractivity contribution in [2.24, 2.45) is 5.10 Å². The van der Waals surface area contributed by atoms with Gasteiger partial charge in [-0.15, -0.1) is 0 Å². The molecule has 2 atom stereocenters. The third-order valence-electron chi connectivity index (χ3n) is 5.03. The van der Waals surface area contributed by atoms with Gasteiger partial charge in [0, 0.05) is 13.2 Å². The van der Waals surface area contributed by atoms with Crippen LogP contribution in [0.1, 0.15) is 36.9 Å². The zero-order valence-electron chi connectivity index (χ0n) is 18.5. The number of carbonyl (C=O) groups is 3. The molecule has 174 valence electrons. The molecule has 1 saturated heterocycles. The van der Waals surface area contributed by atoms with Gasteiger partial charge in [0.1, 0.15) is 5.75 Å². The molecule has 3 amide bonds. The van der Waals surface area contributed by atoms with E-state index in [2.05, 4.69) is 21.2 Å². The van der Waals surface area contributed by atoms with Crippen LogP contribution in [0, 0.1) is 0 Å². The number of benzene rings is 2. The van der Waals surface area contributed by atoms with Crippen LogP contribution in [-0.4, -0.2) is 49.8 Å². The molecule has 1 aliphatic rings. The van der Waals surface area contributed by atoms with Crippen molar-refractivity contribution in [3.05, 3.63) is 65.7 Å². The second kappa shape index (κ2) is 12.4. The predicted octanol–water partition coefficient (Wildman–Crippen LogP) is 1.69. The van der Waals surface area contributed by atoms with Crippen LogP contribution in [-0.2, 0) is 19.1 Å². The fourth-order valence-electron chi connectivity index (χ4n) is 3.19. The molecule has 1 aliphatic heterocycles. The maximum absolute atomic E-state index is 12.0. The summed E-state index contributed by atoms with van der Waals surface area (Å²) in [5.74, 6) is -1.32. The molecule has 0 aromatic heterocycles. The molecule has 9 nitrogen and oxygen atoms in total. The van der Waals surface area contributed by atoms with Crippen molar-refractivity contribution in [3.8, 4) is 5.75 Å². The van der Waals surface area contributed by atoms with Gasteiger partial charge in [0.05, 0.1) is 18.4 Å². The van der Waals surface area contributed by atoms with E-state index in [0.29, 0.717) is 17.9 Å². The molecular formula is C24H28N4O5. The number of rotatable bonds is 9. The van der Waals surface area contributed by atoms with E-state index in [0.717, 1.165) is 25.0 Å². The zero-order chi connectivity index (χ0) is 23.5. The maximum Gasteiger partial charge on any atom is 0.329 e. The van der Waals surface area contributed by atoms with Gasteiger partial charge in [0.25, 0.3) is 5.91 Å². The van der Waals surface area contributed by atoms with E-state index in [1.807, 2.05) is 30.3 Å². The lowest BCUT2D eigenvalue weighted by Gasteiger charge is -2.13. The van der Waals surface area contributed by atoms with E-state index in [4.69, 9.17) is 9.47 Å². The van der Waals surface area contributed by atoms with Gasteiger partial charge in [0.15, 0.2) is 6.61 Å². The van der Waals surface area contributed by atoms with Crippen molar-refractivity contribution in [2.45, 2.75) is 31.9 Å². The highest BCUT2D eigenvalue weighted by atomic mass is 16.5. The number of nitrogens with one attached hydrogen (secondary N) is 3. The third kappa shape index (κ3) is 8.04. The van der Waals surface area contributed by atoms with Crippen LogP contribution < -0.4 is 20.8 Å². The van der Waals surface area contributed by atoms with Crippen LogP contribution in [0.15, 0.2) is 59.7 Å². The Morgan fingerprint density at radius 1 is 1.12 bits per heavy atom. The highest BCUT2D eigenvalue weighted by Gasteiger charge is 2.17. The van der Waals surface area contributed by atoms with Crippen LogP contribution in [0.4, 0.5) is 0 Å². The highest BCUT2D eigenvalue weighted by molar-refractivity contribution is 6.35. The van der Waals surface area contributed by atoms with Gasteiger partial charge in [0.2, 0.25) is 0 Å². The monoisotopic (exact) mass is 452 g/mol. The van der Waals surface area contributed by atoms with E-state index < -0.39 is 11.8 Å². The lowest BCUT2D eigenvalue weighted by molar-refractivity contribution is -0.139. The smallest absolute Gasteiger partial charge is 0.329 e. The first-order valence-corrected chi connectivity index (χ1v) is 10.8. The lowest BCUT2D eigenvalue weighted by atomic mass is 10.1. The van der Waals surface area contributed by atoms with Crippen molar-refractivity contribution in [3.63, 3.8) is 0 Å². The molecule has 2 aromatic rings. The number of amides is 3. The molecule has 0 aliphatic carbocycles. The second-order valence-corrected chi connectivity index (χ2v) is 7.60. The highest BCUT2D eigenvalue weighted by Crippen LogP contribution is 2.12. The summed E-state index contributed by atoms with van der Waals surface area (Å²) < 4.78 is 10.9. The molecule has 0 spiro atoms. The van der Waals surface area contributed by atoms with Crippen LogP contribution in [0.5, 0.6) is 5.75 Å². The summed E-state index contributed by atoms with van der Waals surface area (Å²) in [5.41, 5.74) is 3.78. The lowest BCUT2D eigenvalue weighted by Crippen LogP contribution is -2.39. The average molecular weight is 453 g/mol. The van der Waals surface area contributed by atoms with Gasteiger partial charge in [-0.25, -0.2) is 5.43 Å². The number of hydrogen-bond donors (Lipinski definition) is 3. The van der Waals surface area contributed by atoms with Crippen LogP contribution in [0.3, 0.4) is 0 Å². The molecule has 9 heteroatoms. The van der Waals surface area contributed by atoms with E-state index in [1.54, 1.807) is 31.2 Å². The summed E-state index contributed by atoms with van der Waals surface area (Å²) in [7, 11) is 0. The van der Waals surface area contributed by atoms with Crippen molar-refractivity contribution in [1.29, 1.82) is 0 Å². The summed E-state index contributed by atoms with van der Waals surface area (Å²) in [5, 5.41) is 9.22. The molecule has 0 radical (unpaired) electrons. The summed E-state index contributed by atoms with van der Waals surface area (Å²) in [6.07, 6.45) is 3.48. The van der Waals surface area contributed by atoms with Crippen molar-refractivity contribution < 1.29 is 23.9 Å². The molecule has 3 N–H and O–H groups in total. The summed E-state index contributed by atoms with van der Waals surface area (Å²) in [6, 6.07) is 15.8. The Bertz CT molecular complexity index is 957. The maximum atomic E-state index is 12.0. The largest absolute Gasteiger partial charge is 0.484 e. The molecule has 0 unspecified atom stereocenters. The number of nitrogens with zero attached hydrogens (tertiary/aromatic N) is 1. The first-order valence-electron chi connectivity index (χ1n) is 10.8. The summed E-state index contributed by atoms with van der Waals surface area (Å²) >= 11 is 0. The number of carbonyl (C=O) groups excluding carboxylic acids is 3. The van der Waals surface area contributed by atoms with Crippen molar-refractivity contribution in [1.82, 2.24) is 16.1 Å². The zero-order valence-corrected chi connectivity index (χ0v) is 18.5. The Morgan fingerprint density at radius 2 is 1.88 bits per heavy atom. The van der Waals surface area contributed by atoms with Crippen molar-refractivity contribution in [2.75, 3.05) is 19.8 Å². The molecule has 2 aromatic carbocycles. The first-order chi connectivity index (χ1) is 16.0. The fourth-order valence-corrected chi connectivity index (χ4v) is 3.19. The second-order valence-electron chi connectivity index (χ2n) is 7.60. The van der Waals surface area contributed by atoms with Crippen molar-refractivity contribution >= 4 is 23.9 Å². The van der Waals surface area contributed by atoms with Gasteiger partial charge >= 0.3 is 11.8 Å². The molecule has 1 fully saturated rings. The van der Waals surface area contributed by atoms with Gasteiger partial charge in [-0.1, -0.05) is 30.3 Å². The Hall–Kier alpha value is -3.72. The minimum absolute atomic E-state index is 0.0892. The predicted molar refractivity (Wildman–Crippen MR) is 123 cm³/mol. The summed E-state index contributed by atoms with van der Waals surface area (Å²) in [6.45, 7) is 2.94. The normalized spacial score (nSPS) is 16.2.